The minimum atomic E-state index is -0.256. The molecular formula is C21H27N3O2S2. The lowest BCUT2D eigenvalue weighted by molar-refractivity contribution is -0.129. The van der Waals surface area contributed by atoms with Gasteiger partial charge < -0.3 is 4.90 Å². The van der Waals surface area contributed by atoms with E-state index in [9.17, 15) is 9.59 Å². The molecule has 1 fully saturated rings. The second-order valence-corrected chi connectivity index (χ2v) is 10.3. The fourth-order valence-corrected chi connectivity index (χ4v) is 6.61. The lowest BCUT2D eigenvalue weighted by Gasteiger charge is -2.20. The molecule has 2 aliphatic rings. The average molecular weight is 418 g/mol. The first-order valence-electron chi connectivity index (χ1n) is 10.1. The molecule has 1 aliphatic carbocycles. The van der Waals surface area contributed by atoms with Crippen molar-refractivity contribution >= 4 is 39.2 Å². The van der Waals surface area contributed by atoms with Crippen LogP contribution in [0, 0.1) is 5.92 Å². The van der Waals surface area contributed by atoms with E-state index in [1.54, 1.807) is 22.0 Å². The van der Waals surface area contributed by atoms with Crippen LogP contribution in [0.4, 0.5) is 0 Å². The van der Waals surface area contributed by atoms with E-state index in [1.807, 2.05) is 11.8 Å². The minimum absolute atomic E-state index is 0.0141. The molecule has 0 spiro atoms. The number of amides is 1. The van der Waals surface area contributed by atoms with Gasteiger partial charge in [-0.05, 0) is 50.5 Å². The zero-order valence-corrected chi connectivity index (χ0v) is 18.2. The Hall–Kier alpha value is -1.60. The Kier molecular flexibility index (Phi) is 5.65. The first-order chi connectivity index (χ1) is 13.5. The van der Waals surface area contributed by atoms with Crippen molar-refractivity contribution in [3.05, 3.63) is 33.4 Å². The Labute approximate surface area is 173 Å². The maximum absolute atomic E-state index is 13.3. The van der Waals surface area contributed by atoms with Crippen LogP contribution < -0.4 is 5.56 Å². The number of carbonyl (C=O) groups excluding carboxylic acids is 1. The molecule has 0 aromatic carbocycles. The largest absolute Gasteiger partial charge is 0.342 e. The summed E-state index contributed by atoms with van der Waals surface area (Å²) in [6.45, 7) is 10.1. The fourth-order valence-electron chi connectivity index (χ4n) is 4.19. The van der Waals surface area contributed by atoms with Gasteiger partial charge in [-0.3, -0.25) is 14.2 Å². The lowest BCUT2D eigenvalue weighted by Crippen LogP contribution is -2.34. The normalized spacial score (nSPS) is 20.4. The molecule has 0 N–H and O–H groups in total. The number of hydrogen-bond acceptors (Lipinski definition) is 5. The van der Waals surface area contributed by atoms with Crippen LogP contribution in [0.25, 0.3) is 10.2 Å². The number of likely N-dealkylation sites (tertiary alicyclic amines) is 1. The highest BCUT2D eigenvalue weighted by molar-refractivity contribution is 8.00. The van der Waals surface area contributed by atoms with Crippen LogP contribution in [0.2, 0.25) is 0 Å². The summed E-state index contributed by atoms with van der Waals surface area (Å²) in [5.41, 5.74) is 1.21. The topological polar surface area (TPSA) is 55.2 Å². The second-order valence-electron chi connectivity index (χ2n) is 7.92. The molecule has 1 saturated heterocycles. The SMILES string of the molecule is C=CCn1c(SC(C)C(=O)N2CCCC2)nc2sc3c(c2c1=O)CCC(C)C3. The van der Waals surface area contributed by atoms with E-state index in [0.717, 1.165) is 55.4 Å². The monoisotopic (exact) mass is 417 g/mol. The van der Waals surface area contributed by atoms with Gasteiger partial charge in [0.1, 0.15) is 4.83 Å². The van der Waals surface area contributed by atoms with Crippen molar-refractivity contribution in [2.75, 3.05) is 13.1 Å². The molecule has 1 amide bonds. The number of aromatic nitrogens is 2. The minimum Gasteiger partial charge on any atom is -0.342 e. The molecule has 2 aromatic heterocycles. The summed E-state index contributed by atoms with van der Waals surface area (Å²) < 4.78 is 1.69. The Balaban J connectivity index is 1.73. The summed E-state index contributed by atoms with van der Waals surface area (Å²) in [4.78, 5) is 35.0. The van der Waals surface area contributed by atoms with Crippen LogP contribution in [-0.2, 0) is 24.2 Å². The molecule has 28 heavy (non-hydrogen) atoms. The van der Waals surface area contributed by atoms with E-state index in [4.69, 9.17) is 4.98 Å². The van der Waals surface area contributed by atoms with E-state index in [-0.39, 0.29) is 16.7 Å². The van der Waals surface area contributed by atoms with Crippen molar-refractivity contribution < 1.29 is 4.79 Å². The Morgan fingerprint density at radius 1 is 1.43 bits per heavy atom. The third-order valence-corrected chi connectivity index (χ3v) is 7.97. The van der Waals surface area contributed by atoms with Gasteiger partial charge in [0.2, 0.25) is 5.91 Å². The van der Waals surface area contributed by atoms with E-state index in [1.165, 1.54) is 22.2 Å². The first kappa shape index (κ1) is 19.7. The third-order valence-electron chi connectivity index (χ3n) is 5.74. The number of fused-ring (bicyclic) bond motifs is 3. The number of allylic oxidation sites excluding steroid dienone is 1. The van der Waals surface area contributed by atoms with Crippen LogP contribution in [0.15, 0.2) is 22.6 Å². The number of thiophene rings is 1. The predicted octanol–water partition coefficient (Wildman–Crippen LogP) is 3.87. The van der Waals surface area contributed by atoms with Crippen LogP contribution in [-0.4, -0.2) is 38.7 Å². The predicted molar refractivity (Wildman–Crippen MR) is 116 cm³/mol. The number of carbonyl (C=O) groups is 1. The molecule has 150 valence electrons. The van der Waals surface area contributed by atoms with Gasteiger partial charge in [-0.2, -0.15) is 0 Å². The van der Waals surface area contributed by atoms with Crippen LogP contribution in [0.1, 0.15) is 43.6 Å². The summed E-state index contributed by atoms with van der Waals surface area (Å²) in [5.74, 6) is 0.796. The molecule has 2 aromatic rings. The van der Waals surface area contributed by atoms with Gasteiger partial charge in [0.25, 0.3) is 5.56 Å². The third kappa shape index (κ3) is 3.54. The molecule has 5 nitrogen and oxygen atoms in total. The number of thioether (sulfide) groups is 1. The van der Waals surface area contributed by atoms with Gasteiger partial charge in [0, 0.05) is 24.5 Å². The van der Waals surface area contributed by atoms with Crippen molar-refractivity contribution in [3.8, 4) is 0 Å². The molecule has 3 heterocycles. The molecule has 1 aliphatic heterocycles. The quantitative estimate of drug-likeness (QED) is 0.421. The van der Waals surface area contributed by atoms with Crippen molar-refractivity contribution in [2.45, 2.75) is 62.9 Å². The maximum atomic E-state index is 13.3. The Morgan fingerprint density at radius 2 is 2.18 bits per heavy atom. The number of nitrogens with zero attached hydrogens (tertiary/aromatic N) is 3. The second kappa shape index (κ2) is 8.03. The Bertz CT molecular complexity index is 972. The van der Waals surface area contributed by atoms with Gasteiger partial charge in [0.15, 0.2) is 5.16 Å². The van der Waals surface area contributed by atoms with E-state index in [0.29, 0.717) is 17.6 Å². The van der Waals surface area contributed by atoms with Crippen LogP contribution in [0.3, 0.4) is 0 Å². The van der Waals surface area contributed by atoms with Crippen molar-refractivity contribution in [1.82, 2.24) is 14.5 Å². The van der Waals surface area contributed by atoms with E-state index in [2.05, 4.69) is 13.5 Å². The molecule has 2 unspecified atom stereocenters. The molecule has 0 radical (unpaired) electrons. The first-order valence-corrected chi connectivity index (χ1v) is 11.8. The molecule has 7 heteroatoms. The van der Waals surface area contributed by atoms with Gasteiger partial charge >= 0.3 is 0 Å². The maximum Gasteiger partial charge on any atom is 0.263 e. The summed E-state index contributed by atoms with van der Waals surface area (Å²) in [7, 11) is 0. The van der Waals surface area contributed by atoms with Gasteiger partial charge in [0.05, 0.1) is 10.6 Å². The lowest BCUT2D eigenvalue weighted by atomic mass is 9.89. The summed E-state index contributed by atoms with van der Waals surface area (Å²) in [6.07, 6.45) is 6.99. The summed E-state index contributed by atoms with van der Waals surface area (Å²) in [5, 5.41) is 1.16. The molecular weight excluding hydrogens is 390 g/mol. The van der Waals surface area contributed by atoms with Gasteiger partial charge in [-0.1, -0.05) is 24.8 Å². The standard InChI is InChI=1S/C21H27N3O2S2/c1-4-9-24-20(26)17-15-8-7-13(2)12-16(15)28-18(17)22-21(24)27-14(3)19(25)23-10-5-6-11-23/h4,13-14H,1,5-12H2,2-3H3. The number of rotatable bonds is 5. The summed E-state index contributed by atoms with van der Waals surface area (Å²) >= 11 is 3.06. The molecule has 0 bridgehead atoms. The molecule has 0 saturated carbocycles. The Morgan fingerprint density at radius 3 is 2.89 bits per heavy atom. The zero-order valence-electron chi connectivity index (χ0n) is 16.6. The van der Waals surface area contributed by atoms with Crippen LogP contribution in [0.5, 0.6) is 0 Å². The smallest absolute Gasteiger partial charge is 0.263 e. The van der Waals surface area contributed by atoms with Crippen molar-refractivity contribution in [2.24, 2.45) is 5.92 Å². The van der Waals surface area contributed by atoms with E-state index < -0.39 is 0 Å². The zero-order chi connectivity index (χ0) is 19.8. The highest BCUT2D eigenvalue weighted by Gasteiger charge is 2.28. The van der Waals surface area contributed by atoms with Crippen molar-refractivity contribution in [3.63, 3.8) is 0 Å². The van der Waals surface area contributed by atoms with Crippen molar-refractivity contribution in [1.29, 1.82) is 0 Å². The fraction of sp³-hybridized carbons (Fsp3) is 0.571. The molecule has 2 atom stereocenters. The highest BCUT2D eigenvalue weighted by atomic mass is 32.2. The average Bonchev–Trinajstić information content (AvgIpc) is 3.31. The highest BCUT2D eigenvalue weighted by Crippen LogP contribution is 2.37. The number of hydrogen-bond donors (Lipinski definition) is 0. The molecule has 4 rings (SSSR count). The van der Waals surface area contributed by atoms with E-state index >= 15 is 0 Å². The van der Waals surface area contributed by atoms with Gasteiger partial charge in [-0.15, -0.1) is 17.9 Å². The van der Waals surface area contributed by atoms with Gasteiger partial charge in [-0.25, -0.2) is 4.98 Å². The number of aryl methyl sites for hydroxylation is 1. The summed E-state index contributed by atoms with van der Waals surface area (Å²) in [6, 6.07) is 0. The van der Waals surface area contributed by atoms with Crippen LogP contribution >= 0.6 is 23.1 Å².